The maximum Gasteiger partial charge on any atom is 0.121 e. The molecule has 10 heteroatoms. The third kappa shape index (κ3) is 3.49. The van der Waals surface area contributed by atoms with E-state index in [1.54, 1.807) is 37.2 Å². The molecule has 31 heavy (non-hydrogen) atoms. The minimum Gasteiger partial charge on any atom is -0.340 e. The van der Waals surface area contributed by atoms with Crippen molar-refractivity contribution in [2.75, 3.05) is 0 Å². The Morgan fingerprint density at radius 2 is 0.903 bits per heavy atom. The van der Waals surface area contributed by atoms with Crippen molar-refractivity contribution in [1.82, 2.24) is 49.8 Å². The van der Waals surface area contributed by atoms with E-state index in [0.29, 0.717) is 19.6 Å². The van der Waals surface area contributed by atoms with E-state index in [4.69, 9.17) is 15.0 Å². The molecule has 3 N–H and O–H groups in total. The fourth-order valence-electron chi connectivity index (χ4n) is 3.76. The Hall–Kier alpha value is -4.18. The van der Waals surface area contributed by atoms with Gasteiger partial charge in [0.2, 0.25) is 0 Å². The van der Waals surface area contributed by atoms with Gasteiger partial charge in [0.05, 0.1) is 71.3 Å². The zero-order chi connectivity index (χ0) is 20.6. The highest BCUT2D eigenvalue weighted by Gasteiger charge is 2.15. The van der Waals surface area contributed by atoms with E-state index in [0.717, 1.165) is 50.6 Å². The molecule has 0 atom stereocenters. The lowest BCUT2D eigenvalue weighted by Gasteiger charge is -2.18. The van der Waals surface area contributed by atoms with Gasteiger partial charge in [-0.2, -0.15) is 0 Å². The summed E-state index contributed by atoms with van der Waals surface area (Å²) in [4.78, 5) is 38.9. The van der Waals surface area contributed by atoms with Gasteiger partial charge in [-0.15, -0.1) is 0 Å². The first-order valence-corrected chi connectivity index (χ1v) is 9.88. The molecule has 0 bridgehead atoms. The molecule has 152 valence electrons. The van der Waals surface area contributed by atoms with Gasteiger partial charge in [0.1, 0.15) is 17.5 Å². The maximum absolute atomic E-state index is 4.70. The molecule has 0 fully saturated rings. The fraction of sp³-hybridized carbons (Fsp3) is 0.143. The molecule has 6 heterocycles. The van der Waals surface area contributed by atoms with Crippen LogP contribution in [-0.4, -0.2) is 49.8 Å². The Morgan fingerprint density at radius 1 is 0.548 bits per heavy atom. The molecule has 0 aromatic carbocycles. The number of nitrogens with zero attached hydrogens (tertiary/aromatic N) is 7. The molecule has 0 aliphatic heterocycles. The van der Waals surface area contributed by atoms with Crippen LogP contribution >= 0.6 is 0 Å². The highest BCUT2D eigenvalue weighted by Crippen LogP contribution is 2.17. The normalized spacial score (nSPS) is 11.9. The fourth-order valence-corrected chi connectivity index (χ4v) is 3.76. The minimum atomic E-state index is 0.596. The van der Waals surface area contributed by atoms with Crippen molar-refractivity contribution in [3.05, 3.63) is 72.9 Å². The van der Waals surface area contributed by atoms with Crippen molar-refractivity contribution in [2.45, 2.75) is 19.6 Å². The molecule has 0 saturated carbocycles. The third-order valence-corrected chi connectivity index (χ3v) is 5.12. The number of fused-ring (bicyclic) bond motifs is 3. The van der Waals surface area contributed by atoms with Crippen LogP contribution in [-0.2, 0) is 19.6 Å². The zero-order valence-electron chi connectivity index (χ0n) is 16.4. The smallest absolute Gasteiger partial charge is 0.121 e. The molecular formula is C21H18N10. The Morgan fingerprint density at radius 3 is 1.23 bits per heavy atom. The van der Waals surface area contributed by atoms with Crippen molar-refractivity contribution in [2.24, 2.45) is 0 Å². The first kappa shape index (κ1) is 17.7. The number of imidazole rings is 3. The van der Waals surface area contributed by atoms with E-state index in [2.05, 4.69) is 34.8 Å². The summed E-state index contributed by atoms with van der Waals surface area (Å²) in [6, 6.07) is 5.70. The summed E-state index contributed by atoms with van der Waals surface area (Å²) in [7, 11) is 0. The maximum atomic E-state index is 4.70. The number of hydrogen-bond acceptors (Lipinski definition) is 7. The molecule has 0 aliphatic carbocycles. The lowest BCUT2D eigenvalue weighted by molar-refractivity contribution is 0.232. The van der Waals surface area contributed by atoms with Crippen LogP contribution in [0.1, 0.15) is 17.5 Å². The second-order valence-corrected chi connectivity index (χ2v) is 7.37. The number of pyridine rings is 3. The van der Waals surface area contributed by atoms with Gasteiger partial charge in [-0.3, -0.25) is 19.9 Å². The molecule has 0 aliphatic rings. The molecule has 6 aromatic rings. The summed E-state index contributed by atoms with van der Waals surface area (Å²) in [6.07, 6.45) is 10.6. The molecule has 10 nitrogen and oxygen atoms in total. The number of rotatable bonds is 6. The molecule has 0 amide bonds. The summed E-state index contributed by atoms with van der Waals surface area (Å²) in [5.74, 6) is 2.58. The molecule has 0 spiro atoms. The van der Waals surface area contributed by atoms with Gasteiger partial charge in [-0.05, 0) is 18.2 Å². The second-order valence-electron chi connectivity index (χ2n) is 7.37. The van der Waals surface area contributed by atoms with Gasteiger partial charge < -0.3 is 15.0 Å². The zero-order valence-corrected chi connectivity index (χ0v) is 16.4. The number of nitrogens with one attached hydrogen (secondary N) is 3. The molecule has 6 aromatic heterocycles. The van der Waals surface area contributed by atoms with E-state index in [1.807, 2.05) is 18.2 Å². The molecular weight excluding hydrogens is 392 g/mol. The minimum absolute atomic E-state index is 0.596. The van der Waals surface area contributed by atoms with Crippen LogP contribution in [0.15, 0.2) is 55.4 Å². The average molecular weight is 410 g/mol. The van der Waals surface area contributed by atoms with Crippen molar-refractivity contribution in [1.29, 1.82) is 0 Å². The van der Waals surface area contributed by atoms with Crippen molar-refractivity contribution in [3.8, 4) is 0 Å². The molecule has 0 saturated heterocycles. The Bertz CT molecular complexity index is 1210. The summed E-state index contributed by atoms with van der Waals surface area (Å²) in [5, 5.41) is 0. The van der Waals surface area contributed by atoms with E-state index < -0.39 is 0 Å². The van der Waals surface area contributed by atoms with Crippen LogP contribution in [0.4, 0.5) is 0 Å². The first-order valence-electron chi connectivity index (χ1n) is 9.88. The second kappa shape index (κ2) is 7.26. The summed E-state index contributed by atoms with van der Waals surface area (Å²) in [5.41, 5.74) is 5.45. The van der Waals surface area contributed by atoms with Gasteiger partial charge in [-0.25, -0.2) is 15.0 Å². The van der Waals surface area contributed by atoms with Crippen molar-refractivity contribution < 1.29 is 0 Å². The van der Waals surface area contributed by atoms with E-state index in [1.165, 1.54) is 0 Å². The third-order valence-electron chi connectivity index (χ3n) is 5.12. The van der Waals surface area contributed by atoms with Gasteiger partial charge in [0, 0.05) is 18.6 Å². The van der Waals surface area contributed by atoms with E-state index in [-0.39, 0.29) is 0 Å². The monoisotopic (exact) mass is 410 g/mol. The first-order chi connectivity index (χ1) is 15.3. The number of hydrogen-bond donors (Lipinski definition) is 3. The van der Waals surface area contributed by atoms with Gasteiger partial charge >= 0.3 is 0 Å². The lowest BCUT2D eigenvalue weighted by atomic mass is 10.4. The quantitative estimate of drug-likeness (QED) is 0.385. The van der Waals surface area contributed by atoms with Crippen LogP contribution in [0.3, 0.4) is 0 Å². The Kier molecular flexibility index (Phi) is 4.13. The summed E-state index contributed by atoms with van der Waals surface area (Å²) < 4.78 is 0. The van der Waals surface area contributed by atoms with Gasteiger partial charge in [-0.1, -0.05) is 0 Å². The Labute approximate surface area is 175 Å². The van der Waals surface area contributed by atoms with Crippen LogP contribution in [0.2, 0.25) is 0 Å². The highest BCUT2D eigenvalue weighted by atomic mass is 15.2. The largest absolute Gasteiger partial charge is 0.340 e. The predicted octanol–water partition coefficient (Wildman–Crippen LogP) is 2.70. The lowest BCUT2D eigenvalue weighted by Crippen LogP contribution is -2.24. The molecule has 0 unspecified atom stereocenters. The number of aromatic amines is 3. The molecule has 0 radical (unpaired) electrons. The van der Waals surface area contributed by atoms with Gasteiger partial charge in [0.15, 0.2) is 0 Å². The number of aromatic nitrogens is 9. The van der Waals surface area contributed by atoms with E-state index in [9.17, 15) is 0 Å². The average Bonchev–Trinajstić information content (AvgIpc) is 3.48. The number of H-pyrrole nitrogens is 3. The van der Waals surface area contributed by atoms with Crippen molar-refractivity contribution in [3.63, 3.8) is 0 Å². The van der Waals surface area contributed by atoms with Crippen LogP contribution < -0.4 is 0 Å². The van der Waals surface area contributed by atoms with Crippen molar-refractivity contribution >= 4 is 33.1 Å². The highest BCUT2D eigenvalue weighted by molar-refractivity contribution is 5.74. The predicted molar refractivity (Wildman–Crippen MR) is 115 cm³/mol. The van der Waals surface area contributed by atoms with Crippen LogP contribution in [0.25, 0.3) is 33.1 Å². The van der Waals surface area contributed by atoms with Gasteiger partial charge in [0.25, 0.3) is 0 Å². The van der Waals surface area contributed by atoms with Crippen LogP contribution in [0, 0.1) is 0 Å². The standard InChI is InChI=1S/C21H18N10/c1-4-22-7-16-13(1)25-19(28-16)10-31(11-20-26-14-2-5-23-8-17(14)29-20)12-21-27-15-3-6-24-9-18(15)30-21/h1-9H,10-12H2,(H,25,28)(H,26,29)(H,27,30). The summed E-state index contributed by atoms with van der Waals surface area (Å²) >= 11 is 0. The molecule has 6 rings (SSSR count). The van der Waals surface area contributed by atoms with Crippen LogP contribution in [0.5, 0.6) is 0 Å². The topological polar surface area (TPSA) is 128 Å². The SMILES string of the molecule is c1cc2nc(CN(Cc3nc4ccncc4[nH]3)Cc3nc4ccncc4[nH]3)[nH]c2cn1. The summed E-state index contributed by atoms with van der Waals surface area (Å²) in [6.45, 7) is 1.79. The van der Waals surface area contributed by atoms with E-state index >= 15 is 0 Å². The Balaban J connectivity index is 1.32.